The number of carbonyl (C=O) groups excluding carboxylic acids is 2. The van der Waals surface area contributed by atoms with Crippen molar-refractivity contribution in [1.82, 2.24) is 5.32 Å². The van der Waals surface area contributed by atoms with Crippen molar-refractivity contribution in [3.05, 3.63) is 12.2 Å². The maximum Gasteiger partial charge on any atom is 0.408 e. The van der Waals surface area contributed by atoms with E-state index in [0.717, 1.165) is 6.42 Å². The molecule has 1 unspecified atom stereocenters. The number of carboxylic acid groups (broad SMARTS) is 1. The minimum Gasteiger partial charge on any atom is -0.481 e. The van der Waals surface area contributed by atoms with Gasteiger partial charge in [-0.15, -0.1) is 23.2 Å². The van der Waals surface area contributed by atoms with E-state index in [9.17, 15) is 29.7 Å². The van der Waals surface area contributed by atoms with Gasteiger partial charge in [0.2, 0.25) is 0 Å². The van der Waals surface area contributed by atoms with Gasteiger partial charge >= 0.3 is 12.1 Å². The number of alkyl carbamates (subject to hydrolysis) is 1. The molecule has 0 aromatic rings. The number of aliphatic hydroxyl groups excluding tert-OH is 1. The summed E-state index contributed by atoms with van der Waals surface area (Å²) in [5.41, 5.74) is -1.79. The lowest BCUT2D eigenvalue weighted by atomic mass is 9.72. The Morgan fingerprint density at radius 3 is 2.16 bits per heavy atom. The third-order valence-corrected chi connectivity index (χ3v) is 16.1. The summed E-state index contributed by atoms with van der Waals surface area (Å²) in [6, 6.07) is -0.812. The molecule has 5 heterocycles. The number of aliphatic hydroxyl groups is 2. The van der Waals surface area contributed by atoms with Crippen LogP contribution in [0.2, 0.25) is 0 Å². The minimum atomic E-state index is -1.43. The van der Waals surface area contributed by atoms with E-state index in [1.54, 1.807) is 6.92 Å². The van der Waals surface area contributed by atoms with Gasteiger partial charge in [0.05, 0.1) is 65.5 Å². The first-order chi connectivity index (χ1) is 28.7. The number of nitrogens with one attached hydrogen (secondary N) is 1. The van der Waals surface area contributed by atoms with Crippen molar-refractivity contribution >= 4 is 41.0 Å². The number of Topliss-reactive ketones (excluding diaryl/α,β-unsaturated/α-hetero) is 1. The van der Waals surface area contributed by atoms with E-state index >= 15 is 0 Å². The molecule has 5 rings (SSSR count). The molecular weight excluding hydrogens is 829 g/mol. The fourth-order valence-electron chi connectivity index (χ4n) is 11.1. The van der Waals surface area contributed by atoms with Crippen LogP contribution in [0.15, 0.2) is 12.2 Å². The van der Waals surface area contributed by atoms with Gasteiger partial charge in [0.1, 0.15) is 17.9 Å². The Morgan fingerprint density at radius 1 is 0.902 bits per heavy atom. The van der Waals surface area contributed by atoms with E-state index < -0.39 is 101 Å². The lowest BCUT2D eigenvalue weighted by Crippen LogP contribution is -2.66. The summed E-state index contributed by atoms with van der Waals surface area (Å²) in [5, 5.41) is 35.8. The molecule has 5 aliphatic rings. The van der Waals surface area contributed by atoms with Gasteiger partial charge < -0.3 is 49.1 Å². The Morgan fingerprint density at radius 2 is 1.57 bits per heavy atom. The van der Waals surface area contributed by atoms with E-state index in [4.69, 9.17) is 51.6 Å². The molecule has 0 aliphatic carbocycles. The number of ketones is 1. The average molecular weight is 905 g/mol. The minimum absolute atomic E-state index is 0.0228. The molecule has 18 atom stereocenters. The second kappa shape index (κ2) is 20.3. The number of carboxylic acids is 1. The summed E-state index contributed by atoms with van der Waals surface area (Å²) in [5.74, 6) is -6.30. The summed E-state index contributed by atoms with van der Waals surface area (Å²) in [6.07, 6.45) is 4.49. The smallest absolute Gasteiger partial charge is 0.408 e. The van der Waals surface area contributed by atoms with Crippen LogP contribution in [-0.2, 0) is 38.0 Å². The van der Waals surface area contributed by atoms with Gasteiger partial charge in [-0.1, -0.05) is 61.5 Å². The first-order valence-corrected chi connectivity index (χ1v) is 24.1. The monoisotopic (exact) mass is 903 g/mol. The summed E-state index contributed by atoms with van der Waals surface area (Å²) in [6.45, 7) is 19.5. The number of rotatable bonds is 16. The SMILES string of the molecule is CCC(C(=O)[C@@H](C)[C@@H](O)[C@H](C)[C@@H]1O[C@@H]([C@@H](CC)C(=O)O)CC[C@@H]1C)[C@H]1O[C@]2(C=C[C@@H](NC(=O)OC(CCl)CCl)[C@]3(CC[C@@](C)([C@H]4CC[C@](O)(CC)[C@H](C)O4)O3)O2)[C@H](C)C[C@@H]1C. The zero-order valence-corrected chi connectivity index (χ0v) is 39.6. The predicted octanol–water partition coefficient (Wildman–Crippen LogP) is 7.77. The van der Waals surface area contributed by atoms with Gasteiger partial charge in [-0.25, -0.2) is 4.79 Å². The third kappa shape index (κ3) is 10.3. The van der Waals surface area contributed by atoms with Gasteiger partial charge in [0.25, 0.3) is 0 Å². The van der Waals surface area contributed by atoms with Crippen LogP contribution in [0.1, 0.15) is 133 Å². The summed E-state index contributed by atoms with van der Waals surface area (Å²) < 4.78 is 39.9. The van der Waals surface area contributed by atoms with Gasteiger partial charge in [0.15, 0.2) is 11.6 Å². The fourth-order valence-corrected chi connectivity index (χ4v) is 11.5. The van der Waals surface area contributed by atoms with Crippen molar-refractivity contribution in [2.75, 3.05) is 11.8 Å². The second-order valence-corrected chi connectivity index (χ2v) is 20.0. The van der Waals surface area contributed by atoms with Crippen molar-refractivity contribution in [2.45, 2.75) is 205 Å². The highest BCUT2D eigenvalue weighted by Gasteiger charge is 2.63. The average Bonchev–Trinajstić information content (AvgIpc) is 3.57. The standard InChI is InChI=1S/C46H75Cl2NO12/c1-11-32(41(52)53)34-15-14-25(4)39(58-34)29(8)37(50)28(7)38(51)33(12-2)40-26(5)22-27(6)45(59-40)19-16-35(49-42(54)57-31(23-47)24-48)46(61-45)21-20-43(10,60-46)36-17-18-44(55,13-3)30(9)56-36/h16,19,25-37,39-40,50,55H,11-15,17-18,20-24H2,1-10H3,(H,49,54)(H,52,53)/t25-,26-,27+,28-,29-,30-,32+,33?,34+,35+,36+,37+,39+,40-,43-,44+,45-,46-/m0/s1. The zero-order chi connectivity index (χ0) is 45.2. The molecule has 4 fully saturated rings. The normalized spacial score (nSPS) is 41.6. The van der Waals surface area contributed by atoms with Gasteiger partial charge in [-0.05, 0) is 89.5 Å². The van der Waals surface area contributed by atoms with E-state index in [-0.39, 0.29) is 41.4 Å². The highest BCUT2D eigenvalue weighted by Crippen LogP contribution is 2.54. The van der Waals surface area contributed by atoms with Crippen LogP contribution >= 0.6 is 23.2 Å². The molecule has 4 N–H and O–H groups in total. The van der Waals surface area contributed by atoms with E-state index in [1.165, 1.54) is 0 Å². The Labute approximate surface area is 373 Å². The zero-order valence-electron chi connectivity index (χ0n) is 38.1. The van der Waals surface area contributed by atoms with Crippen molar-refractivity contribution in [1.29, 1.82) is 0 Å². The third-order valence-electron chi connectivity index (χ3n) is 15.4. The topological polar surface area (TPSA) is 179 Å². The lowest BCUT2D eigenvalue weighted by molar-refractivity contribution is -0.398. The van der Waals surface area contributed by atoms with Crippen LogP contribution in [-0.4, -0.2) is 116 Å². The number of carbonyl (C=O) groups is 3. The molecule has 0 bridgehead atoms. The van der Waals surface area contributed by atoms with Crippen LogP contribution in [0, 0.1) is 41.4 Å². The maximum absolute atomic E-state index is 14.7. The quantitative estimate of drug-likeness (QED) is 0.0875. The van der Waals surface area contributed by atoms with Crippen molar-refractivity contribution < 1.29 is 58.1 Å². The summed E-state index contributed by atoms with van der Waals surface area (Å²) >= 11 is 12.0. The molecule has 0 saturated carbocycles. The molecule has 0 aromatic heterocycles. The van der Waals surface area contributed by atoms with Gasteiger partial charge in [-0.2, -0.15) is 0 Å². The predicted molar refractivity (Wildman–Crippen MR) is 231 cm³/mol. The number of ether oxygens (including phenoxy) is 6. The lowest BCUT2D eigenvalue weighted by Gasteiger charge is -2.55. The number of amides is 1. The Hall–Kier alpha value is -1.55. The van der Waals surface area contributed by atoms with Crippen molar-refractivity contribution in [2.24, 2.45) is 41.4 Å². The van der Waals surface area contributed by atoms with Crippen LogP contribution in [0.25, 0.3) is 0 Å². The van der Waals surface area contributed by atoms with Gasteiger partial charge in [0, 0.05) is 30.1 Å². The molecule has 5 aliphatic heterocycles. The summed E-state index contributed by atoms with van der Waals surface area (Å²) in [4.78, 5) is 40.0. The van der Waals surface area contributed by atoms with Crippen LogP contribution < -0.4 is 5.32 Å². The number of hydrogen-bond donors (Lipinski definition) is 4. The van der Waals surface area contributed by atoms with Crippen molar-refractivity contribution in [3.63, 3.8) is 0 Å². The molecular formula is C46H75Cl2NO12. The van der Waals surface area contributed by atoms with Crippen LogP contribution in [0.4, 0.5) is 4.79 Å². The number of alkyl halides is 2. The Bertz CT molecular complexity index is 1550. The number of halogens is 2. The maximum atomic E-state index is 14.7. The van der Waals surface area contributed by atoms with E-state index in [1.807, 2.05) is 60.6 Å². The van der Waals surface area contributed by atoms with Crippen molar-refractivity contribution in [3.8, 4) is 0 Å². The summed E-state index contributed by atoms with van der Waals surface area (Å²) in [7, 11) is 0. The van der Waals surface area contributed by atoms with Gasteiger partial charge in [-0.3, -0.25) is 9.59 Å². The largest absolute Gasteiger partial charge is 0.481 e. The molecule has 4 saturated heterocycles. The Balaban J connectivity index is 1.40. The molecule has 350 valence electrons. The molecule has 15 heteroatoms. The van der Waals surface area contributed by atoms with E-state index in [2.05, 4.69) is 19.2 Å². The van der Waals surface area contributed by atoms with Crippen LogP contribution in [0.3, 0.4) is 0 Å². The number of aliphatic carboxylic acids is 1. The number of hydrogen-bond acceptors (Lipinski definition) is 11. The molecule has 1 amide bonds. The Kier molecular flexibility index (Phi) is 16.8. The molecule has 2 spiro atoms. The first-order valence-electron chi connectivity index (χ1n) is 23.0. The molecule has 0 radical (unpaired) electrons. The van der Waals surface area contributed by atoms with E-state index in [0.29, 0.717) is 57.8 Å². The second-order valence-electron chi connectivity index (χ2n) is 19.4. The van der Waals surface area contributed by atoms with Crippen LogP contribution in [0.5, 0.6) is 0 Å². The first kappa shape index (κ1) is 50.4. The molecule has 0 aromatic carbocycles. The molecule has 61 heavy (non-hydrogen) atoms. The molecule has 13 nitrogen and oxygen atoms in total. The highest BCUT2D eigenvalue weighted by molar-refractivity contribution is 6.21. The highest BCUT2D eigenvalue weighted by atomic mass is 35.5. The fraction of sp³-hybridized carbons (Fsp3) is 0.891.